The van der Waals surface area contributed by atoms with Crippen LogP contribution in [-0.2, 0) is 4.79 Å². The second-order valence-electron chi connectivity index (χ2n) is 2.15. The summed E-state index contributed by atoms with van der Waals surface area (Å²) in [4.78, 5) is 10.3. The highest BCUT2D eigenvalue weighted by Gasteiger charge is 1.86. The van der Waals surface area contributed by atoms with Gasteiger partial charge in [0.15, 0.2) is 0 Å². The molecule has 0 saturated carbocycles. The van der Waals surface area contributed by atoms with E-state index in [1.54, 1.807) is 0 Å². The van der Waals surface area contributed by atoms with Crippen molar-refractivity contribution in [3.8, 4) is 0 Å². The van der Waals surface area contributed by atoms with E-state index in [0.29, 0.717) is 0 Å². The number of hydrogen-bond acceptors (Lipinski definition) is 3. The van der Waals surface area contributed by atoms with Crippen LogP contribution in [0.25, 0.3) is 0 Å². The van der Waals surface area contributed by atoms with Crippen molar-refractivity contribution in [2.75, 3.05) is 25.4 Å². The van der Waals surface area contributed by atoms with Gasteiger partial charge < -0.3 is 10.6 Å². The zero-order valence-electron chi connectivity index (χ0n) is 8.18. The van der Waals surface area contributed by atoms with Crippen molar-refractivity contribution in [2.24, 2.45) is 0 Å². The molecule has 0 spiro atoms. The molecule has 4 heteroatoms. The van der Waals surface area contributed by atoms with E-state index in [2.05, 4.69) is 23.3 Å². The average molecular weight is 192 g/mol. The van der Waals surface area contributed by atoms with Crippen molar-refractivity contribution < 1.29 is 4.79 Å². The first kappa shape index (κ1) is 14.3. The number of thiol groups is 1. The third kappa shape index (κ3) is 22.6. The summed E-state index contributed by atoms with van der Waals surface area (Å²) in [6.07, 6.45) is 0. The zero-order valence-corrected chi connectivity index (χ0v) is 9.08. The lowest BCUT2D eigenvalue weighted by Gasteiger charge is -2.00. The van der Waals surface area contributed by atoms with Crippen LogP contribution in [0.2, 0.25) is 0 Å². The zero-order chi connectivity index (χ0) is 9.82. The second kappa shape index (κ2) is 13.4. The monoisotopic (exact) mass is 192 g/mol. The molecular formula is C8H20N2OS. The molecule has 0 aromatic carbocycles. The fourth-order valence-corrected chi connectivity index (χ4v) is 0.504. The van der Waals surface area contributed by atoms with Crippen LogP contribution < -0.4 is 10.6 Å². The second-order valence-corrected chi connectivity index (χ2v) is 2.79. The highest BCUT2D eigenvalue weighted by Crippen LogP contribution is 1.59. The molecule has 0 aliphatic rings. The predicted octanol–water partition coefficient (Wildman–Crippen LogP) is 0.668. The van der Waals surface area contributed by atoms with E-state index in [1.807, 2.05) is 13.8 Å². The number of carbonyl (C=O) groups is 1. The van der Waals surface area contributed by atoms with Gasteiger partial charge in [-0.25, -0.2) is 0 Å². The number of carbonyl (C=O) groups excluding carboxylic acids is 1. The lowest BCUT2D eigenvalue weighted by atomic mass is 10.5. The van der Waals surface area contributed by atoms with Gasteiger partial charge in [-0.1, -0.05) is 13.8 Å². The average Bonchev–Trinajstić information content (AvgIpc) is 1.99. The van der Waals surface area contributed by atoms with Crippen molar-refractivity contribution in [1.29, 1.82) is 0 Å². The molecule has 0 unspecified atom stereocenters. The van der Waals surface area contributed by atoms with Crippen LogP contribution in [0.1, 0.15) is 20.8 Å². The summed E-state index contributed by atoms with van der Waals surface area (Å²) >= 11 is 3.79. The van der Waals surface area contributed by atoms with Crippen LogP contribution in [0, 0.1) is 0 Å². The molecule has 1 amide bonds. The fourth-order valence-electron chi connectivity index (χ4n) is 0.504. The molecule has 0 heterocycles. The molecule has 0 aliphatic carbocycles. The lowest BCUT2D eigenvalue weighted by molar-refractivity contribution is -0.118. The number of hydrogen-bond donors (Lipinski definition) is 3. The molecule has 0 saturated heterocycles. The van der Waals surface area contributed by atoms with E-state index in [9.17, 15) is 4.79 Å². The molecular weight excluding hydrogens is 172 g/mol. The molecule has 0 atom stereocenters. The molecule has 0 rings (SSSR count). The van der Waals surface area contributed by atoms with Crippen molar-refractivity contribution in [3.63, 3.8) is 0 Å². The van der Waals surface area contributed by atoms with Gasteiger partial charge in [0.1, 0.15) is 0 Å². The Balaban J connectivity index is 0. The van der Waals surface area contributed by atoms with Crippen LogP contribution >= 0.6 is 12.6 Å². The molecule has 2 N–H and O–H groups in total. The Bertz CT molecular complexity index is 99.1. The minimum absolute atomic E-state index is 0.0351. The number of amides is 1. The molecule has 0 radical (unpaired) electrons. The van der Waals surface area contributed by atoms with Gasteiger partial charge in [-0.3, -0.25) is 4.79 Å². The van der Waals surface area contributed by atoms with E-state index < -0.39 is 0 Å². The highest BCUT2D eigenvalue weighted by atomic mass is 32.1. The summed E-state index contributed by atoms with van der Waals surface area (Å²) in [7, 11) is 0. The van der Waals surface area contributed by atoms with Crippen molar-refractivity contribution in [2.45, 2.75) is 20.8 Å². The van der Waals surface area contributed by atoms with Crippen LogP contribution in [0.3, 0.4) is 0 Å². The first-order valence-electron chi connectivity index (χ1n) is 4.25. The fraction of sp³-hybridized carbons (Fsp3) is 0.875. The maximum absolute atomic E-state index is 10.3. The molecule has 74 valence electrons. The Morgan fingerprint density at radius 3 is 2.17 bits per heavy atom. The first-order chi connectivity index (χ1) is 5.68. The minimum Gasteiger partial charge on any atom is -0.355 e. The van der Waals surface area contributed by atoms with E-state index in [1.165, 1.54) is 6.92 Å². The quantitative estimate of drug-likeness (QED) is 0.452. The maximum atomic E-state index is 10.3. The Kier molecular flexibility index (Phi) is 16.0. The predicted molar refractivity (Wildman–Crippen MR) is 56.8 cm³/mol. The minimum atomic E-state index is 0.0351. The standard InChI is InChI=1S/C6H14N2O.C2H6S/c1-3-7-4-5-8-6(2)9;1-2-3/h7H,3-5H2,1-2H3,(H,8,9);3H,2H2,1H3. The molecule has 0 aromatic heterocycles. The number of nitrogens with one attached hydrogen (secondary N) is 2. The van der Waals surface area contributed by atoms with Gasteiger partial charge >= 0.3 is 0 Å². The number of likely N-dealkylation sites (N-methyl/N-ethyl adjacent to an activating group) is 1. The molecule has 12 heavy (non-hydrogen) atoms. The molecule has 0 aromatic rings. The SMILES string of the molecule is CCNCCNC(C)=O.CCS. The van der Waals surface area contributed by atoms with Crippen molar-refractivity contribution in [3.05, 3.63) is 0 Å². The summed E-state index contributed by atoms with van der Waals surface area (Å²) in [6.45, 7) is 8.08. The van der Waals surface area contributed by atoms with E-state index in [0.717, 1.165) is 25.4 Å². The first-order valence-corrected chi connectivity index (χ1v) is 4.88. The van der Waals surface area contributed by atoms with Crippen LogP contribution in [0.5, 0.6) is 0 Å². The van der Waals surface area contributed by atoms with E-state index in [-0.39, 0.29) is 5.91 Å². The van der Waals surface area contributed by atoms with Crippen LogP contribution in [0.4, 0.5) is 0 Å². The molecule has 0 bridgehead atoms. The number of rotatable bonds is 4. The normalized spacial score (nSPS) is 8.33. The third-order valence-corrected chi connectivity index (χ3v) is 0.926. The third-order valence-electron chi connectivity index (χ3n) is 0.926. The van der Waals surface area contributed by atoms with Crippen molar-refractivity contribution >= 4 is 18.5 Å². The van der Waals surface area contributed by atoms with E-state index >= 15 is 0 Å². The Hall–Kier alpha value is -0.220. The molecule has 0 aliphatic heterocycles. The van der Waals surface area contributed by atoms with Gasteiger partial charge in [0, 0.05) is 20.0 Å². The summed E-state index contributed by atoms with van der Waals surface area (Å²) in [5.74, 6) is 0.980. The van der Waals surface area contributed by atoms with Gasteiger partial charge in [0.25, 0.3) is 0 Å². The van der Waals surface area contributed by atoms with Crippen LogP contribution in [0.15, 0.2) is 0 Å². The summed E-state index contributed by atoms with van der Waals surface area (Å²) in [5, 5.41) is 5.77. The summed E-state index contributed by atoms with van der Waals surface area (Å²) in [5.41, 5.74) is 0. The maximum Gasteiger partial charge on any atom is 0.216 e. The van der Waals surface area contributed by atoms with Gasteiger partial charge in [-0.05, 0) is 12.3 Å². The lowest BCUT2D eigenvalue weighted by Crippen LogP contribution is -2.29. The summed E-state index contributed by atoms with van der Waals surface area (Å²) in [6, 6.07) is 0. The molecule has 3 nitrogen and oxygen atoms in total. The van der Waals surface area contributed by atoms with Gasteiger partial charge in [-0.2, -0.15) is 12.6 Å². The Morgan fingerprint density at radius 1 is 1.33 bits per heavy atom. The van der Waals surface area contributed by atoms with Crippen molar-refractivity contribution in [1.82, 2.24) is 10.6 Å². The van der Waals surface area contributed by atoms with E-state index in [4.69, 9.17) is 0 Å². The Labute approximate surface area is 80.7 Å². The van der Waals surface area contributed by atoms with Gasteiger partial charge in [0.2, 0.25) is 5.91 Å². The highest BCUT2D eigenvalue weighted by molar-refractivity contribution is 7.80. The Morgan fingerprint density at radius 2 is 1.83 bits per heavy atom. The topological polar surface area (TPSA) is 41.1 Å². The van der Waals surface area contributed by atoms with Gasteiger partial charge in [0.05, 0.1) is 0 Å². The molecule has 0 fully saturated rings. The summed E-state index contributed by atoms with van der Waals surface area (Å²) < 4.78 is 0. The van der Waals surface area contributed by atoms with Crippen LogP contribution in [-0.4, -0.2) is 31.3 Å². The smallest absolute Gasteiger partial charge is 0.216 e. The van der Waals surface area contributed by atoms with Gasteiger partial charge in [-0.15, -0.1) is 0 Å². The largest absolute Gasteiger partial charge is 0.355 e.